The Morgan fingerprint density at radius 3 is 1.34 bits per heavy atom. The van der Waals surface area contributed by atoms with Gasteiger partial charge in [-0.25, -0.2) is 0 Å². The molecule has 0 aliphatic rings. The monoisotopic (exact) mass is 474 g/mol. The van der Waals surface area contributed by atoms with Crippen LogP contribution in [0.5, 0.6) is 0 Å². The van der Waals surface area contributed by atoms with Crippen LogP contribution >= 0.6 is 15.9 Å². The largest absolute Gasteiger partial charge is 0.101 e. The van der Waals surface area contributed by atoms with Crippen molar-refractivity contribution < 1.29 is 0 Å². The maximum absolute atomic E-state index is 4.26. The van der Waals surface area contributed by atoms with Crippen LogP contribution in [-0.4, -0.2) is 0 Å². The number of hydrogen-bond acceptors (Lipinski definition) is 0. The van der Waals surface area contributed by atoms with Crippen molar-refractivity contribution in [3.8, 4) is 22.3 Å². The molecule has 0 atom stereocenters. The van der Waals surface area contributed by atoms with E-state index in [4.69, 9.17) is 0 Å². The highest BCUT2D eigenvalue weighted by Crippen LogP contribution is 2.50. The van der Waals surface area contributed by atoms with Crippen molar-refractivity contribution in [3.05, 3.63) is 156 Å². The van der Waals surface area contributed by atoms with E-state index in [0.29, 0.717) is 0 Å². The predicted molar refractivity (Wildman–Crippen MR) is 139 cm³/mol. The fourth-order valence-electron chi connectivity index (χ4n) is 4.43. The smallest absolute Gasteiger partial charge is 0.0695 e. The molecule has 5 rings (SSSR count). The highest BCUT2D eigenvalue weighted by Gasteiger charge is 2.36. The zero-order valence-corrected chi connectivity index (χ0v) is 19.2. The predicted octanol–water partition coefficient (Wildman–Crippen LogP) is 8.71. The van der Waals surface area contributed by atoms with Gasteiger partial charge >= 0.3 is 0 Å². The van der Waals surface area contributed by atoms with Gasteiger partial charge in [0.1, 0.15) is 4.32 Å². The van der Waals surface area contributed by atoms with Crippen LogP contribution in [0.2, 0.25) is 0 Å². The number of hydrogen-bond donors (Lipinski definition) is 0. The van der Waals surface area contributed by atoms with E-state index in [0.717, 1.165) is 0 Å². The van der Waals surface area contributed by atoms with Gasteiger partial charge in [0, 0.05) is 0 Å². The molecule has 0 aromatic heterocycles. The summed E-state index contributed by atoms with van der Waals surface area (Å²) in [6.45, 7) is 0. The van der Waals surface area contributed by atoms with E-state index in [-0.39, 0.29) is 0 Å². The molecular formula is C31H23Br. The molecule has 0 aliphatic heterocycles. The van der Waals surface area contributed by atoms with Gasteiger partial charge in [-0.05, 0) is 38.9 Å². The van der Waals surface area contributed by atoms with Crippen molar-refractivity contribution in [2.75, 3.05) is 0 Å². The Hall–Kier alpha value is -3.42. The van der Waals surface area contributed by atoms with E-state index in [1.807, 2.05) is 0 Å². The van der Waals surface area contributed by atoms with Gasteiger partial charge in [-0.15, -0.1) is 0 Å². The molecule has 0 nitrogen and oxygen atoms in total. The lowest BCUT2D eigenvalue weighted by molar-refractivity contribution is 0.919. The maximum Gasteiger partial charge on any atom is 0.101 e. The molecule has 0 unspecified atom stereocenters. The lowest BCUT2D eigenvalue weighted by Gasteiger charge is -2.33. The van der Waals surface area contributed by atoms with Crippen molar-refractivity contribution in [2.45, 2.75) is 4.32 Å². The third-order valence-corrected chi connectivity index (χ3v) is 7.27. The van der Waals surface area contributed by atoms with Crippen LogP contribution in [0.25, 0.3) is 22.3 Å². The Morgan fingerprint density at radius 1 is 0.406 bits per heavy atom. The Morgan fingerprint density at radius 2 is 0.844 bits per heavy atom. The average molecular weight is 475 g/mol. The van der Waals surface area contributed by atoms with Gasteiger partial charge in [-0.1, -0.05) is 155 Å². The minimum Gasteiger partial charge on any atom is -0.0695 e. The SMILES string of the molecule is BrC(c1ccccc1)(c1ccccc1)c1cccc(-c2ccccc2)c1-c1ccccc1. The molecule has 0 spiro atoms. The van der Waals surface area contributed by atoms with Crippen LogP contribution < -0.4 is 0 Å². The molecule has 0 heterocycles. The summed E-state index contributed by atoms with van der Waals surface area (Å²) in [5.74, 6) is 0. The van der Waals surface area contributed by atoms with Crippen LogP contribution in [0.4, 0.5) is 0 Å². The van der Waals surface area contributed by atoms with Gasteiger partial charge in [-0.2, -0.15) is 0 Å². The first-order valence-corrected chi connectivity index (χ1v) is 11.6. The topological polar surface area (TPSA) is 0 Å². The molecule has 32 heavy (non-hydrogen) atoms. The third kappa shape index (κ3) is 3.70. The summed E-state index contributed by atoms with van der Waals surface area (Å²) in [5.41, 5.74) is 8.51. The van der Waals surface area contributed by atoms with Crippen LogP contribution in [0.15, 0.2) is 140 Å². The molecular weight excluding hydrogens is 452 g/mol. The lowest BCUT2D eigenvalue weighted by atomic mass is 9.79. The molecule has 0 fully saturated rings. The molecule has 0 radical (unpaired) electrons. The summed E-state index contributed by atoms with van der Waals surface area (Å²) in [6, 6.07) is 49.4. The van der Waals surface area contributed by atoms with Crippen molar-refractivity contribution in [1.29, 1.82) is 0 Å². The first kappa shape index (κ1) is 20.5. The molecule has 0 aliphatic carbocycles. The summed E-state index contributed by atoms with van der Waals surface area (Å²) in [6.07, 6.45) is 0. The van der Waals surface area contributed by atoms with Gasteiger partial charge in [0.2, 0.25) is 0 Å². The van der Waals surface area contributed by atoms with Gasteiger partial charge in [0.15, 0.2) is 0 Å². The van der Waals surface area contributed by atoms with E-state index in [1.54, 1.807) is 0 Å². The average Bonchev–Trinajstić information content (AvgIpc) is 2.90. The highest BCUT2D eigenvalue weighted by molar-refractivity contribution is 9.10. The maximum atomic E-state index is 4.26. The normalized spacial score (nSPS) is 11.3. The molecule has 0 saturated heterocycles. The standard InChI is InChI=1S/C31H23Br/c32-31(26-18-9-3-10-19-26,27-20-11-4-12-21-27)29-23-13-22-28(24-14-5-1-6-15-24)30(29)25-16-7-2-8-17-25/h1-23H. The summed E-state index contributed by atoms with van der Waals surface area (Å²) >= 11 is 4.26. The molecule has 0 saturated carbocycles. The number of rotatable bonds is 5. The van der Waals surface area contributed by atoms with Crippen LogP contribution in [0.1, 0.15) is 16.7 Å². The fraction of sp³-hybridized carbons (Fsp3) is 0.0323. The van der Waals surface area contributed by atoms with Crippen LogP contribution in [-0.2, 0) is 4.32 Å². The second kappa shape index (κ2) is 8.98. The Balaban J connectivity index is 1.88. The van der Waals surface area contributed by atoms with Gasteiger partial charge < -0.3 is 0 Å². The first-order valence-electron chi connectivity index (χ1n) is 10.8. The minimum absolute atomic E-state index is 0.495. The molecule has 1 heteroatoms. The van der Waals surface area contributed by atoms with E-state index >= 15 is 0 Å². The van der Waals surface area contributed by atoms with Gasteiger partial charge in [0.25, 0.3) is 0 Å². The summed E-state index contributed by atoms with van der Waals surface area (Å²) in [7, 11) is 0. The van der Waals surface area contributed by atoms with E-state index in [2.05, 4.69) is 155 Å². The minimum atomic E-state index is -0.495. The number of halogens is 1. The second-order valence-electron chi connectivity index (χ2n) is 7.85. The van der Waals surface area contributed by atoms with Gasteiger partial charge in [0.05, 0.1) is 0 Å². The van der Waals surface area contributed by atoms with Crippen LogP contribution in [0.3, 0.4) is 0 Å². The van der Waals surface area contributed by atoms with Crippen molar-refractivity contribution >= 4 is 15.9 Å². The van der Waals surface area contributed by atoms with Crippen molar-refractivity contribution in [1.82, 2.24) is 0 Å². The summed E-state index contributed by atoms with van der Waals surface area (Å²) in [4.78, 5) is 0. The summed E-state index contributed by atoms with van der Waals surface area (Å²) < 4.78 is -0.495. The van der Waals surface area contributed by atoms with Crippen LogP contribution in [0, 0.1) is 0 Å². The highest BCUT2D eigenvalue weighted by atomic mass is 79.9. The summed E-state index contributed by atoms with van der Waals surface area (Å²) in [5, 5.41) is 0. The number of alkyl halides is 1. The second-order valence-corrected chi connectivity index (χ2v) is 9.04. The third-order valence-electron chi connectivity index (χ3n) is 5.93. The van der Waals surface area contributed by atoms with E-state index < -0.39 is 4.32 Å². The van der Waals surface area contributed by atoms with Crippen molar-refractivity contribution in [3.63, 3.8) is 0 Å². The van der Waals surface area contributed by atoms with E-state index in [1.165, 1.54) is 38.9 Å². The van der Waals surface area contributed by atoms with E-state index in [9.17, 15) is 0 Å². The van der Waals surface area contributed by atoms with Gasteiger partial charge in [-0.3, -0.25) is 0 Å². The molecule has 5 aromatic rings. The quantitative estimate of drug-likeness (QED) is 0.176. The molecule has 5 aromatic carbocycles. The Kier molecular flexibility index (Phi) is 5.75. The Labute approximate surface area is 198 Å². The fourth-order valence-corrected chi connectivity index (χ4v) is 5.29. The Bertz CT molecular complexity index is 1250. The molecule has 0 amide bonds. The number of benzene rings is 5. The first-order chi connectivity index (χ1) is 15.8. The zero-order valence-electron chi connectivity index (χ0n) is 17.7. The zero-order chi connectivity index (χ0) is 21.8. The molecule has 0 N–H and O–H groups in total. The molecule has 154 valence electrons. The van der Waals surface area contributed by atoms with Crippen molar-refractivity contribution in [2.24, 2.45) is 0 Å². The lowest BCUT2D eigenvalue weighted by Crippen LogP contribution is -2.23. The molecule has 0 bridgehead atoms.